The van der Waals surface area contributed by atoms with Crippen LogP contribution < -0.4 is 0 Å². The molecule has 4 nitrogen and oxygen atoms in total. The van der Waals surface area contributed by atoms with Crippen LogP contribution in [0.3, 0.4) is 0 Å². The van der Waals surface area contributed by atoms with Gasteiger partial charge in [-0.2, -0.15) is 10.2 Å². The highest BCUT2D eigenvalue weighted by Crippen LogP contribution is 1.78. The third kappa shape index (κ3) is 6.94. The predicted octanol–water partition coefficient (Wildman–Crippen LogP) is 0.617. The van der Waals surface area contributed by atoms with Gasteiger partial charge in [0.2, 0.25) is 0 Å². The van der Waals surface area contributed by atoms with Crippen LogP contribution in [-0.4, -0.2) is 24.7 Å². The van der Waals surface area contributed by atoms with Crippen LogP contribution in [0.2, 0.25) is 0 Å². The number of Topliss-reactive ketones (excluding diaryl/α,β-unsaturated/α-hetero) is 2. The molecule has 0 rings (SSSR count). The molecule has 0 saturated carbocycles. The summed E-state index contributed by atoms with van der Waals surface area (Å²) >= 11 is 0. The van der Waals surface area contributed by atoms with E-state index in [4.69, 9.17) is 0 Å². The van der Waals surface area contributed by atoms with E-state index in [0.717, 1.165) is 0 Å². The van der Waals surface area contributed by atoms with Gasteiger partial charge < -0.3 is 0 Å². The molecule has 0 aliphatic rings. The summed E-state index contributed by atoms with van der Waals surface area (Å²) in [7, 11) is 0. The van der Waals surface area contributed by atoms with E-state index >= 15 is 0 Å². The topological polar surface area (TPSA) is 58.9 Å². The molecule has 0 spiro atoms. The third-order valence-corrected chi connectivity index (χ3v) is 0.687. The molecule has 0 aliphatic heterocycles. The lowest BCUT2D eigenvalue weighted by atomic mass is 10.5. The molecular formula is C6H10N2O2. The van der Waals surface area contributed by atoms with Gasteiger partial charge in [-0.25, -0.2) is 0 Å². The molecule has 0 aliphatic carbocycles. The van der Waals surface area contributed by atoms with E-state index < -0.39 is 0 Å². The average Bonchev–Trinajstić information content (AvgIpc) is 1.79. The number of nitrogens with zero attached hydrogens (tertiary/aromatic N) is 2. The van der Waals surface area contributed by atoms with Gasteiger partial charge in [0.1, 0.15) is 13.1 Å². The van der Waals surface area contributed by atoms with Gasteiger partial charge in [0.15, 0.2) is 11.6 Å². The van der Waals surface area contributed by atoms with E-state index in [1.165, 1.54) is 13.8 Å². The molecule has 0 radical (unpaired) electrons. The van der Waals surface area contributed by atoms with Crippen molar-refractivity contribution in [2.75, 3.05) is 13.1 Å². The Morgan fingerprint density at radius 2 is 1.30 bits per heavy atom. The molecule has 0 unspecified atom stereocenters. The molecule has 0 aromatic carbocycles. The van der Waals surface area contributed by atoms with Crippen molar-refractivity contribution in [3.05, 3.63) is 0 Å². The minimum Gasteiger partial charge on any atom is -0.298 e. The van der Waals surface area contributed by atoms with E-state index in [0.29, 0.717) is 0 Å². The fourth-order valence-corrected chi connectivity index (χ4v) is 0.299. The normalized spacial score (nSPS) is 10.2. The first-order valence-corrected chi connectivity index (χ1v) is 2.95. The van der Waals surface area contributed by atoms with Gasteiger partial charge in [0.25, 0.3) is 0 Å². The summed E-state index contributed by atoms with van der Waals surface area (Å²) in [6, 6.07) is 0. The molecule has 0 saturated heterocycles. The molecule has 0 heterocycles. The molecular weight excluding hydrogens is 132 g/mol. The lowest BCUT2D eigenvalue weighted by molar-refractivity contribution is -0.117. The zero-order chi connectivity index (χ0) is 7.98. The van der Waals surface area contributed by atoms with Crippen LogP contribution in [0.4, 0.5) is 0 Å². The quantitative estimate of drug-likeness (QED) is 0.540. The molecule has 4 heteroatoms. The number of hydrogen-bond acceptors (Lipinski definition) is 4. The van der Waals surface area contributed by atoms with Gasteiger partial charge in [0, 0.05) is 0 Å². The van der Waals surface area contributed by atoms with Crippen molar-refractivity contribution in [1.29, 1.82) is 0 Å². The van der Waals surface area contributed by atoms with E-state index in [9.17, 15) is 9.59 Å². The number of carbonyl (C=O) groups is 2. The third-order valence-electron chi connectivity index (χ3n) is 0.687. The predicted molar refractivity (Wildman–Crippen MR) is 36.0 cm³/mol. The standard InChI is InChI=1S/C6H10N2O2/c1-5(9)3-7-8-4-6(2)10/h3-4H2,1-2H3. The first kappa shape index (κ1) is 8.94. The van der Waals surface area contributed by atoms with Crippen molar-refractivity contribution in [3.8, 4) is 0 Å². The number of carbonyl (C=O) groups excluding carboxylic acids is 2. The van der Waals surface area contributed by atoms with Crippen molar-refractivity contribution in [1.82, 2.24) is 0 Å². The molecule has 0 atom stereocenters. The Balaban J connectivity index is 3.38. The van der Waals surface area contributed by atoms with Crippen LogP contribution in [0.1, 0.15) is 13.8 Å². The highest BCUT2D eigenvalue weighted by atomic mass is 16.1. The molecule has 0 amide bonds. The second-order valence-corrected chi connectivity index (χ2v) is 2.00. The summed E-state index contributed by atoms with van der Waals surface area (Å²) in [6.45, 7) is 3.00. The number of azo groups is 1. The highest BCUT2D eigenvalue weighted by Gasteiger charge is 1.89. The van der Waals surface area contributed by atoms with Gasteiger partial charge in [-0.1, -0.05) is 0 Å². The lowest BCUT2D eigenvalue weighted by Gasteiger charge is -1.84. The molecule has 0 N–H and O–H groups in total. The Bertz CT molecular complexity index is 145. The van der Waals surface area contributed by atoms with Crippen molar-refractivity contribution in [3.63, 3.8) is 0 Å². The molecule has 10 heavy (non-hydrogen) atoms. The lowest BCUT2D eigenvalue weighted by Crippen LogP contribution is -1.96. The van der Waals surface area contributed by atoms with Gasteiger partial charge in [-0.15, -0.1) is 0 Å². The van der Waals surface area contributed by atoms with Crippen LogP contribution >= 0.6 is 0 Å². The first-order valence-electron chi connectivity index (χ1n) is 2.95. The first-order chi connectivity index (χ1) is 4.63. The largest absolute Gasteiger partial charge is 0.298 e. The van der Waals surface area contributed by atoms with Gasteiger partial charge in [0.05, 0.1) is 0 Å². The van der Waals surface area contributed by atoms with Crippen molar-refractivity contribution >= 4 is 11.6 Å². The summed E-state index contributed by atoms with van der Waals surface area (Å²) in [5.74, 6) is -0.0976. The molecule has 0 aromatic rings. The molecule has 0 fully saturated rings. The summed E-state index contributed by atoms with van der Waals surface area (Å²) in [5, 5.41) is 6.93. The Morgan fingerprint density at radius 3 is 1.50 bits per heavy atom. The fourth-order valence-electron chi connectivity index (χ4n) is 0.299. The summed E-state index contributed by atoms with van der Waals surface area (Å²) < 4.78 is 0. The maximum Gasteiger partial charge on any atom is 0.153 e. The Hall–Kier alpha value is -1.06. The Kier molecular flexibility index (Phi) is 4.28. The molecule has 0 bridgehead atoms. The minimum atomic E-state index is -0.0488. The highest BCUT2D eigenvalue weighted by molar-refractivity contribution is 5.78. The average molecular weight is 142 g/mol. The summed E-state index contributed by atoms with van der Waals surface area (Å²) in [4.78, 5) is 20.5. The van der Waals surface area contributed by atoms with Crippen LogP contribution in [0, 0.1) is 0 Å². The SMILES string of the molecule is CC(=O)CN=NCC(C)=O. The molecule has 0 aromatic heterocycles. The van der Waals surface area contributed by atoms with E-state index in [1.54, 1.807) is 0 Å². The summed E-state index contributed by atoms with van der Waals surface area (Å²) in [6.07, 6.45) is 0. The summed E-state index contributed by atoms with van der Waals surface area (Å²) in [5.41, 5.74) is 0. The van der Waals surface area contributed by atoms with Crippen LogP contribution in [0.5, 0.6) is 0 Å². The maximum atomic E-state index is 10.2. The van der Waals surface area contributed by atoms with E-state index in [2.05, 4.69) is 10.2 Å². The second kappa shape index (κ2) is 4.78. The monoisotopic (exact) mass is 142 g/mol. The van der Waals surface area contributed by atoms with Crippen molar-refractivity contribution in [2.24, 2.45) is 10.2 Å². The van der Waals surface area contributed by atoms with Gasteiger partial charge in [-0.05, 0) is 13.8 Å². The van der Waals surface area contributed by atoms with Crippen molar-refractivity contribution in [2.45, 2.75) is 13.8 Å². The minimum absolute atomic E-state index is 0.0488. The second-order valence-electron chi connectivity index (χ2n) is 2.00. The number of ketones is 2. The Labute approximate surface area is 59.3 Å². The van der Waals surface area contributed by atoms with Crippen LogP contribution in [0.15, 0.2) is 10.2 Å². The Morgan fingerprint density at radius 1 is 1.00 bits per heavy atom. The number of rotatable bonds is 4. The smallest absolute Gasteiger partial charge is 0.153 e. The zero-order valence-electron chi connectivity index (χ0n) is 6.13. The van der Waals surface area contributed by atoms with Crippen LogP contribution in [0.25, 0.3) is 0 Å². The van der Waals surface area contributed by atoms with E-state index in [1.807, 2.05) is 0 Å². The van der Waals surface area contributed by atoms with Crippen LogP contribution in [-0.2, 0) is 9.59 Å². The zero-order valence-corrected chi connectivity index (χ0v) is 6.13. The number of hydrogen-bond donors (Lipinski definition) is 0. The maximum absolute atomic E-state index is 10.2. The van der Waals surface area contributed by atoms with Gasteiger partial charge in [-0.3, -0.25) is 9.59 Å². The van der Waals surface area contributed by atoms with Crippen molar-refractivity contribution < 1.29 is 9.59 Å². The van der Waals surface area contributed by atoms with E-state index in [-0.39, 0.29) is 24.7 Å². The molecule has 56 valence electrons. The fraction of sp³-hybridized carbons (Fsp3) is 0.667. The van der Waals surface area contributed by atoms with Gasteiger partial charge >= 0.3 is 0 Å².